The van der Waals surface area contributed by atoms with E-state index in [4.69, 9.17) is 4.52 Å². The summed E-state index contributed by atoms with van der Waals surface area (Å²) in [7, 11) is 1.93. The van der Waals surface area contributed by atoms with E-state index in [0.29, 0.717) is 5.41 Å². The molecular weight excluding hydrogens is 238 g/mol. The number of hydrogen-bond acceptors (Lipinski definition) is 4. The molecule has 0 aromatic carbocycles. The second-order valence-corrected chi connectivity index (χ2v) is 6.30. The molecule has 1 aromatic rings. The van der Waals surface area contributed by atoms with Gasteiger partial charge in [0.15, 0.2) is 5.76 Å². The van der Waals surface area contributed by atoms with Crippen molar-refractivity contribution in [2.24, 2.45) is 5.41 Å². The standard InChI is InChI=1S/C15H25N3O/c1-16-11-13-10-14(19-17-13)12-18-8-6-15(7-9-18)4-2-3-5-15/h10,16H,2-9,11-12H2,1H3. The molecule has 3 rings (SSSR count). The lowest BCUT2D eigenvalue weighted by molar-refractivity contribution is 0.0963. The maximum Gasteiger partial charge on any atom is 0.151 e. The maximum absolute atomic E-state index is 5.41. The Labute approximate surface area is 115 Å². The number of likely N-dealkylation sites (tertiary alicyclic amines) is 1. The number of nitrogens with one attached hydrogen (secondary N) is 1. The molecule has 0 atom stereocenters. The van der Waals surface area contributed by atoms with E-state index in [0.717, 1.165) is 24.5 Å². The van der Waals surface area contributed by atoms with E-state index in [9.17, 15) is 0 Å². The van der Waals surface area contributed by atoms with Crippen molar-refractivity contribution in [1.29, 1.82) is 0 Å². The van der Waals surface area contributed by atoms with Gasteiger partial charge in [-0.25, -0.2) is 0 Å². The highest BCUT2D eigenvalue weighted by Gasteiger charge is 2.36. The van der Waals surface area contributed by atoms with Gasteiger partial charge >= 0.3 is 0 Å². The molecule has 1 aliphatic carbocycles. The first-order valence-electron chi connectivity index (χ1n) is 7.61. The van der Waals surface area contributed by atoms with Crippen LogP contribution in [0.3, 0.4) is 0 Å². The van der Waals surface area contributed by atoms with Gasteiger partial charge < -0.3 is 9.84 Å². The molecule has 0 radical (unpaired) electrons. The zero-order valence-electron chi connectivity index (χ0n) is 12.0. The fraction of sp³-hybridized carbons (Fsp3) is 0.800. The van der Waals surface area contributed by atoms with Gasteiger partial charge in [-0.1, -0.05) is 18.0 Å². The van der Waals surface area contributed by atoms with E-state index in [-0.39, 0.29) is 0 Å². The van der Waals surface area contributed by atoms with Crippen molar-refractivity contribution < 1.29 is 4.52 Å². The fourth-order valence-electron chi connectivity index (χ4n) is 3.73. The Kier molecular flexibility index (Phi) is 3.89. The summed E-state index contributed by atoms with van der Waals surface area (Å²) in [6.07, 6.45) is 8.60. The molecule has 19 heavy (non-hydrogen) atoms. The first-order chi connectivity index (χ1) is 9.30. The number of piperidine rings is 1. The molecule has 1 saturated heterocycles. The van der Waals surface area contributed by atoms with Gasteiger partial charge in [0.1, 0.15) is 0 Å². The van der Waals surface area contributed by atoms with Gasteiger partial charge in [0.25, 0.3) is 0 Å². The second kappa shape index (κ2) is 5.63. The van der Waals surface area contributed by atoms with Crippen LogP contribution in [0, 0.1) is 5.41 Å². The number of hydrogen-bond donors (Lipinski definition) is 1. The molecule has 2 aliphatic rings. The zero-order chi connectivity index (χ0) is 13.1. The minimum atomic E-state index is 0.704. The summed E-state index contributed by atoms with van der Waals surface area (Å²) in [4.78, 5) is 2.52. The van der Waals surface area contributed by atoms with E-state index < -0.39 is 0 Å². The van der Waals surface area contributed by atoms with Crippen LogP contribution in [0.1, 0.15) is 50.0 Å². The Morgan fingerprint density at radius 1 is 1.26 bits per heavy atom. The Balaban J connectivity index is 1.51. The molecule has 106 valence electrons. The predicted molar refractivity (Wildman–Crippen MR) is 74.7 cm³/mol. The molecule has 1 saturated carbocycles. The summed E-state index contributed by atoms with van der Waals surface area (Å²) in [5, 5.41) is 7.18. The third-order valence-corrected chi connectivity index (χ3v) is 4.93. The third-order valence-electron chi connectivity index (χ3n) is 4.93. The lowest BCUT2D eigenvalue weighted by Crippen LogP contribution is -2.38. The Hall–Kier alpha value is -0.870. The monoisotopic (exact) mass is 263 g/mol. The van der Waals surface area contributed by atoms with Gasteiger partial charge in [-0.2, -0.15) is 0 Å². The van der Waals surface area contributed by atoms with Gasteiger partial charge in [-0.05, 0) is 51.2 Å². The molecule has 0 bridgehead atoms. The van der Waals surface area contributed by atoms with E-state index in [2.05, 4.69) is 21.4 Å². The number of aromatic nitrogens is 1. The minimum Gasteiger partial charge on any atom is -0.360 e. The molecule has 0 unspecified atom stereocenters. The minimum absolute atomic E-state index is 0.704. The predicted octanol–water partition coefficient (Wildman–Crippen LogP) is 2.55. The van der Waals surface area contributed by atoms with Crippen LogP contribution < -0.4 is 5.32 Å². The van der Waals surface area contributed by atoms with E-state index in [1.807, 2.05) is 7.05 Å². The van der Waals surface area contributed by atoms with Crippen LogP contribution in [-0.2, 0) is 13.1 Å². The number of rotatable bonds is 4. The average Bonchev–Trinajstić information content (AvgIpc) is 3.04. The molecule has 2 fully saturated rings. The Morgan fingerprint density at radius 3 is 2.68 bits per heavy atom. The largest absolute Gasteiger partial charge is 0.360 e. The fourth-order valence-corrected chi connectivity index (χ4v) is 3.73. The van der Waals surface area contributed by atoms with Crippen LogP contribution in [0.15, 0.2) is 10.6 Å². The molecule has 1 spiro atoms. The molecule has 1 N–H and O–H groups in total. The van der Waals surface area contributed by atoms with Crippen LogP contribution in [0.4, 0.5) is 0 Å². The lowest BCUT2D eigenvalue weighted by Gasteiger charge is -2.39. The second-order valence-electron chi connectivity index (χ2n) is 6.30. The van der Waals surface area contributed by atoms with Crippen molar-refractivity contribution >= 4 is 0 Å². The summed E-state index contributed by atoms with van der Waals surface area (Å²) in [6.45, 7) is 4.16. The topological polar surface area (TPSA) is 41.3 Å². The Bertz CT molecular complexity index is 399. The quantitative estimate of drug-likeness (QED) is 0.906. The van der Waals surface area contributed by atoms with Crippen LogP contribution in [0.5, 0.6) is 0 Å². The summed E-state index contributed by atoms with van der Waals surface area (Å²) in [5.74, 6) is 1.01. The van der Waals surface area contributed by atoms with Gasteiger partial charge in [-0.15, -0.1) is 0 Å². The van der Waals surface area contributed by atoms with Gasteiger partial charge in [0.2, 0.25) is 0 Å². The molecule has 1 aromatic heterocycles. The van der Waals surface area contributed by atoms with Crippen molar-refractivity contribution in [3.05, 3.63) is 17.5 Å². The zero-order valence-corrected chi connectivity index (χ0v) is 12.0. The summed E-state index contributed by atoms with van der Waals surface area (Å²) >= 11 is 0. The van der Waals surface area contributed by atoms with Crippen molar-refractivity contribution in [1.82, 2.24) is 15.4 Å². The van der Waals surface area contributed by atoms with Crippen LogP contribution >= 0.6 is 0 Å². The highest BCUT2D eigenvalue weighted by atomic mass is 16.5. The van der Waals surface area contributed by atoms with Crippen molar-refractivity contribution in [3.63, 3.8) is 0 Å². The SMILES string of the molecule is CNCc1cc(CN2CCC3(CCCC3)CC2)on1. The van der Waals surface area contributed by atoms with Crippen LogP contribution in [-0.4, -0.2) is 30.2 Å². The normalized spacial score (nSPS) is 23.2. The molecular formula is C15H25N3O. The van der Waals surface area contributed by atoms with Gasteiger partial charge in [0, 0.05) is 12.6 Å². The van der Waals surface area contributed by atoms with Crippen LogP contribution in [0.2, 0.25) is 0 Å². The van der Waals surface area contributed by atoms with Crippen LogP contribution in [0.25, 0.3) is 0 Å². The first-order valence-corrected chi connectivity index (χ1v) is 7.61. The summed E-state index contributed by atoms with van der Waals surface area (Å²) in [6, 6.07) is 2.08. The molecule has 0 amide bonds. The lowest BCUT2D eigenvalue weighted by atomic mass is 9.77. The van der Waals surface area contributed by atoms with E-state index in [1.54, 1.807) is 0 Å². The molecule has 4 heteroatoms. The highest BCUT2D eigenvalue weighted by Crippen LogP contribution is 2.46. The summed E-state index contributed by atoms with van der Waals surface area (Å²) in [5.41, 5.74) is 1.71. The maximum atomic E-state index is 5.41. The molecule has 1 aliphatic heterocycles. The van der Waals surface area contributed by atoms with E-state index in [1.165, 1.54) is 51.6 Å². The smallest absolute Gasteiger partial charge is 0.151 e. The summed E-state index contributed by atoms with van der Waals surface area (Å²) < 4.78 is 5.41. The van der Waals surface area contributed by atoms with Crippen molar-refractivity contribution in [2.45, 2.75) is 51.6 Å². The van der Waals surface area contributed by atoms with Crippen molar-refractivity contribution in [2.75, 3.05) is 20.1 Å². The van der Waals surface area contributed by atoms with Crippen molar-refractivity contribution in [3.8, 4) is 0 Å². The number of nitrogens with zero attached hydrogens (tertiary/aromatic N) is 2. The van der Waals surface area contributed by atoms with E-state index >= 15 is 0 Å². The highest BCUT2D eigenvalue weighted by molar-refractivity contribution is 5.05. The van der Waals surface area contributed by atoms with Gasteiger partial charge in [-0.3, -0.25) is 4.90 Å². The Morgan fingerprint density at radius 2 is 2.00 bits per heavy atom. The first kappa shape index (κ1) is 13.1. The molecule has 2 heterocycles. The third kappa shape index (κ3) is 3.00. The van der Waals surface area contributed by atoms with Gasteiger partial charge in [0.05, 0.1) is 12.2 Å². The average molecular weight is 263 g/mol. The molecule has 4 nitrogen and oxygen atoms in total.